The van der Waals surface area contributed by atoms with Crippen molar-refractivity contribution in [3.63, 3.8) is 0 Å². The van der Waals surface area contributed by atoms with Crippen LogP contribution >= 0.6 is 0 Å². The molecule has 1 aliphatic carbocycles. The van der Waals surface area contributed by atoms with E-state index in [1.807, 2.05) is 13.8 Å². The van der Waals surface area contributed by atoms with Crippen LogP contribution in [0.3, 0.4) is 0 Å². The van der Waals surface area contributed by atoms with E-state index in [2.05, 4.69) is 10.1 Å². The standard InChI is InChI=1S/C11H19N3O2/c1-3-15-8(2)9-13-10(14-16-9)11(12)6-4-5-7-11/h8H,3-7,12H2,1-2H3. The van der Waals surface area contributed by atoms with Gasteiger partial charge in [0.2, 0.25) is 0 Å². The Morgan fingerprint density at radius 3 is 2.81 bits per heavy atom. The number of nitrogens with zero attached hydrogens (tertiary/aromatic N) is 2. The van der Waals surface area contributed by atoms with E-state index in [1.165, 1.54) is 0 Å². The average Bonchev–Trinajstić information content (AvgIpc) is 2.86. The van der Waals surface area contributed by atoms with Crippen molar-refractivity contribution in [3.05, 3.63) is 11.7 Å². The Balaban J connectivity index is 2.12. The summed E-state index contributed by atoms with van der Waals surface area (Å²) < 4.78 is 10.6. The molecule has 1 fully saturated rings. The Morgan fingerprint density at radius 1 is 1.50 bits per heavy atom. The van der Waals surface area contributed by atoms with Crippen LogP contribution in [0.2, 0.25) is 0 Å². The third-order valence-electron chi connectivity index (χ3n) is 3.15. The lowest BCUT2D eigenvalue weighted by atomic mass is 9.99. The van der Waals surface area contributed by atoms with Crippen LogP contribution in [0, 0.1) is 0 Å². The minimum absolute atomic E-state index is 0.156. The highest BCUT2D eigenvalue weighted by Gasteiger charge is 2.36. The molecule has 2 rings (SSSR count). The van der Waals surface area contributed by atoms with Gasteiger partial charge >= 0.3 is 0 Å². The lowest BCUT2D eigenvalue weighted by Gasteiger charge is -2.17. The van der Waals surface area contributed by atoms with Gasteiger partial charge in [0.1, 0.15) is 6.10 Å². The van der Waals surface area contributed by atoms with Crippen LogP contribution < -0.4 is 5.73 Å². The summed E-state index contributed by atoms with van der Waals surface area (Å²) in [6.45, 7) is 4.47. The van der Waals surface area contributed by atoms with Gasteiger partial charge in [-0.3, -0.25) is 0 Å². The average molecular weight is 225 g/mol. The molecule has 5 nitrogen and oxygen atoms in total. The first-order chi connectivity index (χ1) is 7.65. The molecule has 0 bridgehead atoms. The van der Waals surface area contributed by atoms with E-state index in [4.69, 9.17) is 15.0 Å². The van der Waals surface area contributed by atoms with E-state index in [1.54, 1.807) is 0 Å². The quantitative estimate of drug-likeness (QED) is 0.847. The summed E-state index contributed by atoms with van der Waals surface area (Å²) in [7, 11) is 0. The third kappa shape index (κ3) is 2.10. The topological polar surface area (TPSA) is 74.2 Å². The Bertz CT molecular complexity index is 345. The fourth-order valence-corrected chi connectivity index (χ4v) is 2.15. The van der Waals surface area contributed by atoms with Gasteiger partial charge in [-0.05, 0) is 26.7 Å². The maximum Gasteiger partial charge on any atom is 0.255 e. The molecule has 1 aliphatic rings. The van der Waals surface area contributed by atoms with Gasteiger partial charge in [0, 0.05) is 6.61 Å². The van der Waals surface area contributed by atoms with Crippen LogP contribution in [0.25, 0.3) is 0 Å². The molecule has 0 amide bonds. The first-order valence-electron chi connectivity index (χ1n) is 5.90. The van der Waals surface area contributed by atoms with E-state index >= 15 is 0 Å². The van der Waals surface area contributed by atoms with Crippen molar-refractivity contribution in [2.75, 3.05) is 6.61 Å². The fourth-order valence-electron chi connectivity index (χ4n) is 2.15. The van der Waals surface area contributed by atoms with Crippen LogP contribution in [-0.2, 0) is 10.3 Å². The van der Waals surface area contributed by atoms with Gasteiger partial charge < -0.3 is 15.0 Å². The zero-order chi connectivity index (χ0) is 11.6. The van der Waals surface area contributed by atoms with Crippen molar-refractivity contribution in [1.82, 2.24) is 10.1 Å². The smallest absolute Gasteiger partial charge is 0.255 e. The van der Waals surface area contributed by atoms with Crippen LogP contribution in [0.4, 0.5) is 0 Å². The second kappa shape index (κ2) is 4.51. The molecule has 1 atom stereocenters. The molecule has 0 saturated heterocycles. The molecule has 0 spiro atoms. The van der Waals surface area contributed by atoms with Crippen LogP contribution in [0.5, 0.6) is 0 Å². The molecular formula is C11H19N3O2. The van der Waals surface area contributed by atoms with Crippen LogP contribution in [-0.4, -0.2) is 16.7 Å². The Hall–Kier alpha value is -0.940. The minimum Gasteiger partial charge on any atom is -0.369 e. The molecule has 1 aromatic rings. The molecule has 2 N–H and O–H groups in total. The van der Waals surface area contributed by atoms with Gasteiger partial charge in [-0.1, -0.05) is 18.0 Å². The first kappa shape index (κ1) is 11.5. The zero-order valence-corrected chi connectivity index (χ0v) is 9.90. The summed E-state index contributed by atoms with van der Waals surface area (Å²) in [6, 6.07) is 0. The molecule has 0 radical (unpaired) electrons. The van der Waals surface area contributed by atoms with Gasteiger partial charge in [-0.2, -0.15) is 4.98 Å². The maximum absolute atomic E-state index is 6.24. The highest BCUT2D eigenvalue weighted by Crippen LogP contribution is 2.35. The van der Waals surface area contributed by atoms with Gasteiger partial charge in [0.15, 0.2) is 5.82 Å². The van der Waals surface area contributed by atoms with E-state index in [-0.39, 0.29) is 11.6 Å². The Kier molecular flexibility index (Phi) is 3.25. The second-order valence-corrected chi connectivity index (χ2v) is 4.42. The molecule has 90 valence electrons. The van der Waals surface area contributed by atoms with Crippen molar-refractivity contribution >= 4 is 0 Å². The summed E-state index contributed by atoms with van der Waals surface area (Å²) in [5.41, 5.74) is 5.86. The third-order valence-corrected chi connectivity index (χ3v) is 3.15. The van der Waals surface area contributed by atoms with Gasteiger partial charge in [-0.25, -0.2) is 0 Å². The molecule has 16 heavy (non-hydrogen) atoms. The van der Waals surface area contributed by atoms with Crippen molar-refractivity contribution < 1.29 is 9.26 Å². The lowest BCUT2D eigenvalue weighted by molar-refractivity contribution is 0.0519. The highest BCUT2D eigenvalue weighted by atomic mass is 16.5. The number of hydrogen-bond donors (Lipinski definition) is 1. The molecule has 1 unspecified atom stereocenters. The summed E-state index contributed by atoms with van der Waals surface area (Å²) in [5.74, 6) is 1.15. The minimum atomic E-state index is -0.381. The SMILES string of the molecule is CCOC(C)c1nc(C2(N)CCCC2)no1. The predicted molar refractivity (Wildman–Crippen MR) is 58.7 cm³/mol. The highest BCUT2D eigenvalue weighted by molar-refractivity contribution is 5.06. The van der Waals surface area contributed by atoms with E-state index < -0.39 is 0 Å². The number of ether oxygens (including phenoxy) is 1. The number of aromatic nitrogens is 2. The van der Waals surface area contributed by atoms with Crippen molar-refractivity contribution in [2.24, 2.45) is 5.73 Å². The van der Waals surface area contributed by atoms with Crippen molar-refractivity contribution in [3.8, 4) is 0 Å². The summed E-state index contributed by atoms with van der Waals surface area (Å²) in [5, 5.41) is 3.98. The predicted octanol–water partition coefficient (Wildman–Crippen LogP) is 1.90. The summed E-state index contributed by atoms with van der Waals surface area (Å²) in [4.78, 5) is 4.35. The monoisotopic (exact) mass is 225 g/mol. The van der Waals surface area contributed by atoms with E-state index in [0.717, 1.165) is 25.7 Å². The number of hydrogen-bond acceptors (Lipinski definition) is 5. The molecular weight excluding hydrogens is 206 g/mol. The first-order valence-corrected chi connectivity index (χ1v) is 5.90. The summed E-state index contributed by atoms with van der Waals surface area (Å²) >= 11 is 0. The molecule has 5 heteroatoms. The Labute approximate surface area is 95.3 Å². The Morgan fingerprint density at radius 2 is 2.19 bits per heavy atom. The normalized spacial score (nSPS) is 21.2. The fraction of sp³-hybridized carbons (Fsp3) is 0.818. The number of rotatable bonds is 4. The molecule has 1 heterocycles. The van der Waals surface area contributed by atoms with E-state index in [9.17, 15) is 0 Å². The largest absolute Gasteiger partial charge is 0.369 e. The lowest BCUT2D eigenvalue weighted by Crippen LogP contribution is -2.34. The van der Waals surface area contributed by atoms with Crippen LogP contribution in [0.15, 0.2) is 4.52 Å². The number of nitrogens with two attached hydrogens (primary N) is 1. The molecule has 1 saturated carbocycles. The maximum atomic E-state index is 6.24. The van der Waals surface area contributed by atoms with Gasteiger partial charge in [0.05, 0.1) is 5.54 Å². The summed E-state index contributed by atoms with van der Waals surface area (Å²) in [6.07, 6.45) is 4.00. The van der Waals surface area contributed by atoms with Gasteiger partial charge in [-0.15, -0.1) is 0 Å². The zero-order valence-electron chi connectivity index (χ0n) is 9.90. The van der Waals surface area contributed by atoms with Crippen molar-refractivity contribution in [1.29, 1.82) is 0 Å². The molecule has 1 aromatic heterocycles. The molecule has 0 aliphatic heterocycles. The van der Waals surface area contributed by atoms with Crippen LogP contribution in [0.1, 0.15) is 57.3 Å². The molecule has 0 aromatic carbocycles. The second-order valence-electron chi connectivity index (χ2n) is 4.42. The van der Waals surface area contributed by atoms with Crippen molar-refractivity contribution in [2.45, 2.75) is 51.2 Å². The van der Waals surface area contributed by atoms with E-state index in [0.29, 0.717) is 18.3 Å². The van der Waals surface area contributed by atoms with Gasteiger partial charge in [0.25, 0.3) is 5.89 Å².